The first-order valence-electron chi connectivity index (χ1n) is 9.21. The highest BCUT2D eigenvalue weighted by molar-refractivity contribution is 7.90. The van der Waals surface area contributed by atoms with Crippen molar-refractivity contribution in [2.45, 2.75) is 23.5 Å². The number of carbonyl (C=O) groups is 3. The second kappa shape index (κ2) is 8.11. The molecular weight excluding hydrogens is 424 g/mol. The van der Waals surface area contributed by atoms with Crippen molar-refractivity contribution < 1.29 is 27.2 Å². The molecule has 2 aromatic carbocycles. The van der Waals surface area contributed by atoms with E-state index in [1.165, 1.54) is 36.4 Å². The summed E-state index contributed by atoms with van der Waals surface area (Å²) in [6, 6.07) is 13.4. The predicted molar refractivity (Wildman–Crippen MR) is 108 cm³/mol. The third-order valence-corrected chi connectivity index (χ3v) is 6.16. The molecule has 0 aliphatic carbocycles. The number of carbonyl (C=O) groups excluding carboxylic acids is 3. The van der Waals surface area contributed by atoms with Gasteiger partial charge in [0.1, 0.15) is 5.75 Å². The Balaban J connectivity index is 1.42. The summed E-state index contributed by atoms with van der Waals surface area (Å²) < 4.78 is 30.0. The van der Waals surface area contributed by atoms with Gasteiger partial charge in [0.2, 0.25) is 17.7 Å². The molecule has 3 aromatic rings. The van der Waals surface area contributed by atoms with Crippen LogP contribution in [0.25, 0.3) is 0 Å². The maximum absolute atomic E-state index is 12.4. The SMILES string of the molecule is O=C(Nc1nnc(CS(=O)(=O)c2ccccc2)o1)c1ccc(N2C(=O)CCC2=O)cc1. The van der Waals surface area contributed by atoms with Crippen LogP contribution in [0.4, 0.5) is 11.7 Å². The van der Waals surface area contributed by atoms with Crippen LogP contribution >= 0.6 is 0 Å². The maximum atomic E-state index is 12.4. The summed E-state index contributed by atoms with van der Waals surface area (Å²) in [5.41, 5.74) is 0.606. The molecule has 158 valence electrons. The summed E-state index contributed by atoms with van der Waals surface area (Å²) >= 11 is 0. The maximum Gasteiger partial charge on any atom is 0.322 e. The van der Waals surface area contributed by atoms with Crippen LogP contribution in [0.15, 0.2) is 63.9 Å². The molecule has 1 fully saturated rings. The number of imide groups is 1. The number of benzene rings is 2. The van der Waals surface area contributed by atoms with Crippen molar-refractivity contribution in [1.82, 2.24) is 10.2 Å². The molecule has 0 bridgehead atoms. The minimum Gasteiger partial charge on any atom is -0.407 e. The average Bonchev–Trinajstić information content (AvgIpc) is 3.33. The van der Waals surface area contributed by atoms with Crippen molar-refractivity contribution in [3.63, 3.8) is 0 Å². The summed E-state index contributed by atoms with van der Waals surface area (Å²) in [6.07, 6.45) is 0.334. The van der Waals surface area contributed by atoms with Gasteiger partial charge < -0.3 is 4.42 Å². The molecule has 1 aliphatic rings. The van der Waals surface area contributed by atoms with Crippen molar-refractivity contribution in [2.24, 2.45) is 0 Å². The van der Waals surface area contributed by atoms with E-state index in [4.69, 9.17) is 4.42 Å². The second-order valence-corrected chi connectivity index (χ2v) is 8.69. The van der Waals surface area contributed by atoms with Crippen LogP contribution in [0.2, 0.25) is 0 Å². The van der Waals surface area contributed by atoms with Crippen molar-refractivity contribution in [3.8, 4) is 0 Å². The quantitative estimate of drug-likeness (QED) is 0.574. The topological polar surface area (TPSA) is 140 Å². The Hall–Kier alpha value is -3.86. The van der Waals surface area contributed by atoms with Crippen LogP contribution in [-0.4, -0.2) is 36.3 Å². The number of rotatable bonds is 6. The van der Waals surface area contributed by atoms with Crippen molar-refractivity contribution in [1.29, 1.82) is 0 Å². The van der Waals surface area contributed by atoms with Crippen molar-refractivity contribution >= 4 is 39.3 Å². The van der Waals surface area contributed by atoms with Gasteiger partial charge in [0.05, 0.1) is 10.6 Å². The molecule has 0 unspecified atom stereocenters. The summed E-state index contributed by atoms with van der Waals surface area (Å²) in [7, 11) is -3.67. The Bertz CT molecular complexity index is 1240. The third kappa shape index (κ3) is 4.36. The molecule has 1 aliphatic heterocycles. The van der Waals surface area contributed by atoms with Gasteiger partial charge in [-0.05, 0) is 36.4 Å². The number of anilines is 2. The number of nitrogens with one attached hydrogen (secondary N) is 1. The minimum absolute atomic E-state index is 0.119. The van der Waals surface area contributed by atoms with E-state index in [-0.39, 0.29) is 47.0 Å². The highest BCUT2D eigenvalue weighted by Gasteiger charge is 2.30. The van der Waals surface area contributed by atoms with Crippen LogP contribution in [0, 0.1) is 0 Å². The van der Waals surface area contributed by atoms with Gasteiger partial charge in [-0.3, -0.25) is 24.6 Å². The minimum atomic E-state index is -3.67. The summed E-state index contributed by atoms with van der Waals surface area (Å²) in [6.45, 7) is 0. The van der Waals surface area contributed by atoms with Crippen LogP contribution in [-0.2, 0) is 25.2 Å². The molecule has 4 rings (SSSR count). The van der Waals surface area contributed by atoms with Gasteiger partial charge in [-0.2, -0.15) is 0 Å². The van der Waals surface area contributed by atoms with Gasteiger partial charge in [-0.15, -0.1) is 5.10 Å². The highest BCUT2D eigenvalue weighted by atomic mass is 32.2. The first-order chi connectivity index (χ1) is 14.8. The number of hydrogen-bond donors (Lipinski definition) is 1. The molecule has 0 atom stereocenters. The largest absolute Gasteiger partial charge is 0.407 e. The fourth-order valence-electron chi connectivity index (χ4n) is 3.03. The van der Waals surface area contributed by atoms with Gasteiger partial charge >= 0.3 is 6.01 Å². The first-order valence-corrected chi connectivity index (χ1v) is 10.9. The van der Waals surface area contributed by atoms with Gasteiger partial charge in [0, 0.05) is 18.4 Å². The molecule has 1 aromatic heterocycles. The zero-order valence-corrected chi connectivity index (χ0v) is 16.8. The summed E-state index contributed by atoms with van der Waals surface area (Å²) in [5.74, 6) is -1.82. The normalized spacial score (nSPS) is 14.1. The number of amides is 3. The van der Waals surface area contributed by atoms with Gasteiger partial charge in [0.25, 0.3) is 5.91 Å². The average molecular weight is 440 g/mol. The van der Waals surface area contributed by atoms with Crippen LogP contribution in [0.3, 0.4) is 0 Å². The number of hydrogen-bond acceptors (Lipinski definition) is 8. The molecular formula is C20H16N4O6S. The Morgan fingerprint density at radius 3 is 2.26 bits per heavy atom. The van der Waals surface area contributed by atoms with E-state index in [0.29, 0.717) is 5.69 Å². The lowest BCUT2D eigenvalue weighted by atomic mass is 10.2. The van der Waals surface area contributed by atoms with E-state index >= 15 is 0 Å². The smallest absolute Gasteiger partial charge is 0.322 e. The van der Waals surface area contributed by atoms with Gasteiger partial charge in [-0.1, -0.05) is 23.3 Å². The molecule has 0 radical (unpaired) electrons. The Kier molecular flexibility index (Phi) is 5.34. The standard InChI is InChI=1S/C20H16N4O6S/c25-17-10-11-18(26)24(17)14-8-6-13(7-9-14)19(27)21-20-23-22-16(30-20)12-31(28,29)15-4-2-1-3-5-15/h1-9H,10-12H2,(H,21,23,27). The second-order valence-electron chi connectivity index (χ2n) is 6.70. The number of aromatic nitrogens is 2. The third-order valence-electron chi connectivity index (χ3n) is 4.54. The molecule has 0 spiro atoms. The Morgan fingerprint density at radius 1 is 0.968 bits per heavy atom. The van der Waals surface area contributed by atoms with E-state index in [1.807, 2.05) is 0 Å². The molecule has 0 saturated carbocycles. The van der Waals surface area contributed by atoms with Crippen LogP contribution < -0.4 is 10.2 Å². The Labute approximate surface area is 176 Å². The highest BCUT2D eigenvalue weighted by Crippen LogP contribution is 2.23. The monoisotopic (exact) mass is 440 g/mol. The van der Waals surface area contributed by atoms with Gasteiger partial charge in [-0.25, -0.2) is 8.42 Å². The lowest BCUT2D eigenvalue weighted by molar-refractivity contribution is -0.121. The molecule has 2 heterocycles. The van der Waals surface area contributed by atoms with Gasteiger partial charge in [0.15, 0.2) is 9.84 Å². The Morgan fingerprint density at radius 2 is 1.61 bits per heavy atom. The zero-order chi connectivity index (χ0) is 22.0. The number of sulfone groups is 1. The van der Waals surface area contributed by atoms with E-state index in [0.717, 1.165) is 4.90 Å². The molecule has 1 saturated heterocycles. The lowest BCUT2D eigenvalue weighted by Gasteiger charge is -2.13. The predicted octanol–water partition coefficient (Wildman–Crippen LogP) is 1.95. The van der Waals surface area contributed by atoms with Crippen LogP contribution in [0.5, 0.6) is 0 Å². The molecule has 11 heteroatoms. The zero-order valence-electron chi connectivity index (χ0n) is 16.0. The molecule has 31 heavy (non-hydrogen) atoms. The van der Waals surface area contributed by atoms with E-state index in [2.05, 4.69) is 15.5 Å². The number of nitrogens with zero attached hydrogens (tertiary/aromatic N) is 3. The van der Waals surface area contributed by atoms with E-state index in [1.54, 1.807) is 18.2 Å². The van der Waals surface area contributed by atoms with E-state index < -0.39 is 21.5 Å². The molecule has 10 nitrogen and oxygen atoms in total. The molecule has 3 amide bonds. The molecule has 1 N–H and O–H groups in total. The summed E-state index contributed by atoms with van der Waals surface area (Å²) in [4.78, 5) is 37.2. The fraction of sp³-hybridized carbons (Fsp3) is 0.150. The van der Waals surface area contributed by atoms with Crippen molar-refractivity contribution in [2.75, 3.05) is 10.2 Å². The fourth-order valence-corrected chi connectivity index (χ4v) is 4.21. The first kappa shape index (κ1) is 20.4. The summed E-state index contributed by atoms with van der Waals surface area (Å²) in [5, 5.41) is 9.70. The van der Waals surface area contributed by atoms with E-state index in [9.17, 15) is 22.8 Å². The lowest BCUT2D eigenvalue weighted by Crippen LogP contribution is -2.28. The van der Waals surface area contributed by atoms with Crippen LogP contribution in [0.1, 0.15) is 29.1 Å². The van der Waals surface area contributed by atoms with Crippen molar-refractivity contribution in [3.05, 3.63) is 66.1 Å².